The van der Waals surface area contributed by atoms with Crippen molar-refractivity contribution in [3.8, 4) is 0 Å². The van der Waals surface area contributed by atoms with Gasteiger partial charge in [0, 0.05) is 11.1 Å². The SMILES string of the molecule is CC(CNC(C)(C)C)Cc1c(F)ccc(Br)c1F. The van der Waals surface area contributed by atoms with Crippen LogP contribution in [0.15, 0.2) is 16.6 Å². The second-order valence-electron chi connectivity index (χ2n) is 5.76. The van der Waals surface area contributed by atoms with Crippen molar-refractivity contribution >= 4 is 15.9 Å². The predicted octanol–water partition coefficient (Wildman–Crippen LogP) is 4.29. The Morgan fingerprint density at radius 3 is 2.44 bits per heavy atom. The average molecular weight is 320 g/mol. The summed E-state index contributed by atoms with van der Waals surface area (Å²) in [5.41, 5.74) is 0.176. The van der Waals surface area contributed by atoms with E-state index in [9.17, 15) is 8.78 Å². The van der Waals surface area contributed by atoms with Gasteiger partial charge in [0.2, 0.25) is 0 Å². The highest BCUT2D eigenvalue weighted by Gasteiger charge is 2.17. The molecule has 1 atom stereocenters. The van der Waals surface area contributed by atoms with Gasteiger partial charge in [-0.2, -0.15) is 0 Å². The second kappa shape index (κ2) is 6.11. The highest BCUT2D eigenvalue weighted by molar-refractivity contribution is 9.10. The maximum Gasteiger partial charge on any atom is 0.143 e. The predicted molar refractivity (Wildman–Crippen MR) is 74.7 cm³/mol. The molecule has 0 aliphatic carbocycles. The van der Waals surface area contributed by atoms with Gasteiger partial charge in [-0.05, 0) is 67.7 Å². The lowest BCUT2D eigenvalue weighted by atomic mass is 9.98. The fourth-order valence-electron chi connectivity index (χ4n) is 1.66. The van der Waals surface area contributed by atoms with Crippen LogP contribution >= 0.6 is 15.9 Å². The van der Waals surface area contributed by atoms with Gasteiger partial charge in [0.1, 0.15) is 11.6 Å². The van der Waals surface area contributed by atoms with Crippen molar-refractivity contribution in [1.82, 2.24) is 5.32 Å². The van der Waals surface area contributed by atoms with Crippen molar-refractivity contribution in [3.05, 3.63) is 33.8 Å². The van der Waals surface area contributed by atoms with Crippen molar-refractivity contribution in [2.24, 2.45) is 5.92 Å². The Bertz CT molecular complexity index is 413. The van der Waals surface area contributed by atoms with Gasteiger partial charge in [-0.3, -0.25) is 0 Å². The standard InChI is InChI=1S/C14H20BrF2N/c1-9(8-18-14(2,3)4)7-10-12(16)6-5-11(15)13(10)17/h5-6,9,18H,7-8H2,1-4H3. The maximum atomic E-state index is 13.8. The lowest BCUT2D eigenvalue weighted by Gasteiger charge is -2.23. The largest absolute Gasteiger partial charge is 0.312 e. The van der Waals surface area contributed by atoms with E-state index in [1.807, 2.05) is 6.92 Å². The third kappa shape index (κ3) is 4.65. The molecule has 0 radical (unpaired) electrons. The van der Waals surface area contributed by atoms with Crippen molar-refractivity contribution in [2.45, 2.75) is 39.7 Å². The molecule has 1 N–H and O–H groups in total. The number of nitrogens with one attached hydrogen (secondary N) is 1. The van der Waals surface area contributed by atoms with Crippen LogP contribution in [0.2, 0.25) is 0 Å². The zero-order chi connectivity index (χ0) is 13.9. The summed E-state index contributed by atoms with van der Waals surface area (Å²) in [6.45, 7) is 8.92. The Kier molecular flexibility index (Phi) is 5.29. The Balaban J connectivity index is 2.70. The van der Waals surface area contributed by atoms with E-state index in [2.05, 4.69) is 42.0 Å². The van der Waals surface area contributed by atoms with Gasteiger partial charge in [-0.25, -0.2) is 8.78 Å². The molecular weight excluding hydrogens is 300 g/mol. The molecule has 0 fully saturated rings. The van der Waals surface area contributed by atoms with Crippen LogP contribution in [-0.4, -0.2) is 12.1 Å². The third-order valence-electron chi connectivity index (χ3n) is 2.67. The van der Waals surface area contributed by atoms with Gasteiger partial charge in [0.05, 0.1) is 4.47 Å². The van der Waals surface area contributed by atoms with Crippen molar-refractivity contribution in [2.75, 3.05) is 6.54 Å². The van der Waals surface area contributed by atoms with E-state index in [4.69, 9.17) is 0 Å². The summed E-state index contributed by atoms with van der Waals surface area (Å²) in [5.74, 6) is -0.793. The van der Waals surface area contributed by atoms with Crippen LogP contribution in [0.4, 0.5) is 8.78 Å². The zero-order valence-corrected chi connectivity index (χ0v) is 12.9. The van der Waals surface area contributed by atoms with Gasteiger partial charge in [-0.15, -0.1) is 0 Å². The Morgan fingerprint density at radius 1 is 1.28 bits per heavy atom. The van der Waals surface area contributed by atoms with Crippen LogP contribution in [-0.2, 0) is 6.42 Å². The molecule has 4 heteroatoms. The highest BCUT2D eigenvalue weighted by atomic mass is 79.9. The van der Waals surface area contributed by atoms with Crippen molar-refractivity contribution in [3.63, 3.8) is 0 Å². The lowest BCUT2D eigenvalue weighted by Crippen LogP contribution is -2.39. The molecule has 1 rings (SSSR count). The van der Waals surface area contributed by atoms with Crippen LogP contribution in [0.1, 0.15) is 33.3 Å². The molecule has 1 aromatic carbocycles. The Morgan fingerprint density at radius 2 is 1.89 bits per heavy atom. The van der Waals surface area contributed by atoms with Crippen molar-refractivity contribution in [1.29, 1.82) is 0 Å². The summed E-state index contributed by atoms with van der Waals surface area (Å²) in [5, 5.41) is 3.34. The third-order valence-corrected chi connectivity index (χ3v) is 3.28. The molecule has 0 saturated carbocycles. The smallest absolute Gasteiger partial charge is 0.143 e. The second-order valence-corrected chi connectivity index (χ2v) is 6.62. The Hall–Kier alpha value is -0.480. The summed E-state index contributed by atoms with van der Waals surface area (Å²) in [6, 6.07) is 2.69. The Labute approximate surface area is 116 Å². The average Bonchev–Trinajstić information content (AvgIpc) is 2.26. The number of rotatable bonds is 4. The minimum atomic E-state index is -0.488. The molecule has 1 aromatic rings. The monoisotopic (exact) mass is 319 g/mol. The van der Waals surface area contributed by atoms with E-state index in [1.54, 1.807) is 0 Å². The minimum Gasteiger partial charge on any atom is -0.312 e. The van der Waals surface area contributed by atoms with Gasteiger partial charge in [0.15, 0.2) is 0 Å². The quantitative estimate of drug-likeness (QED) is 0.816. The van der Waals surface area contributed by atoms with E-state index in [1.165, 1.54) is 12.1 Å². The van der Waals surface area contributed by atoms with E-state index in [-0.39, 0.29) is 17.0 Å². The summed E-state index contributed by atoms with van der Waals surface area (Å²) in [7, 11) is 0. The first kappa shape index (κ1) is 15.6. The summed E-state index contributed by atoms with van der Waals surface area (Å²) in [4.78, 5) is 0. The highest BCUT2D eigenvalue weighted by Crippen LogP contribution is 2.23. The van der Waals surface area contributed by atoms with Crippen molar-refractivity contribution < 1.29 is 8.78 Å². The number of benzene rings is 1. The van der Waals surface area contributed by atoms with Gasteiger partial charge >= 0.3 is 0 Å². The minimum absolute atomic E-state index is 0.0165. The van der Waals surface area contributed by atoms with Crippen LogP contribution in [0.3, 0.4) is 0 Å². The zero-order valence-electron chi connectivity index (χ0n) is 11.3. The molecule has 18 heavy (non-hydrogen) atoms. The molecular formula is C14H20BrF2N. The summed E-state index contributed by atoms with van der Waals surface area (Å²) in [6.07, 6.45) is 0.389. The van der Waals surface area contributed by atoms with Crippen LogP contribution in [0.5, 0.6) is 0 Å². The summed E-state index contributed by atoms with van der Waals surface area (Å²) >= 11 is 3.08. The fourth-order valence-corrected chi connectivity index (χ4v) is 2.03. The first-order chi connectivity index (χ1) is 8.20. The van der Waals surface area contributed by atoms with E-state index < -0.39 is 11.6 Å². The van der Waals surface area contributed by atoms with Gasteiger partial charge in [-0.1, -0.05) is 6.92 Å². The van der Waals surface area contributed by atoms with E-state index in [0.29, 0.717) is 10.9 Å². The van der Waals surface area contributed by atoms with Crippen LogP contribution in [0.25, 0.3) is 0 Å². The van der Waals surface area contributed by atoms with E-state index in [0.717, 1.165) is 6.54 Å². The number of halogens is 3. The normalized spacial score (nSPS) is 13.7. The van der Waals surface area contributed by atoms with Gasteiger partial charge < -0.3 is 5.32 Å². The molecule has 0 aliphatic rings. The molecule has 0 aliphatic heterocycles. The molecule has 0 saturated heterocycles. The first-order valence-electron chi connectivity index (χ1n) is 6.08. The summed E-state index contributed by atoms with van der Waals surface area (Å²) < 4.78 is 27.7. The molecule has 0 bridgehead atoms. The molecule has 0 spiro atoms. The first-order valence-corrected chi connectivity index (χ1v) is 6.87. The van der Waals surface area contributed by atoms with Crippen LogP contribution in [0, 0.1) is 17.6 Å². The maximum absolute atomic E-state index is 13.8. The number of hydrogen-bond donors (Lipinski definition) is 1. The molecule has 0 aromatic heterocycles. The molecule has 1 unspecified atom stereocenters. The molecule has 0 amide bonds. The van der Waals surface area contributed by atoms with E-state index >= 15 is 0 Å². The molecule has 102 valence electrons. The number of hydrogen-bond acceptors (Lipinski definition) is 1. The topological polar surface area (TPSA) is 12.0 Å². The fraction of sp³-hybridized carbons (Fsp3) is 0.571. The molecule has 0 heterocycles. The molecule has 1 nitrogen and oxygen atoms in total. The van der Waals surface area contributed by atoms with Gasteiger partial charge in [0.25, 0.3) is 0 Å². The lowest BCUT2D eigenvalue weighted by molar-refractivity contribution is 0.377. The van der Waals surface area contributed by atoms with Crippen LogP contribution < -0.4 is 5.32 Å².